The predicted molar refractivity (Wildman–Crippen MR) is 85.9 cm³/mol. The minimum Gasteiger partial charge on any atom is -0.351 e. The van der Waals surface area contributed by atoms with Crippen molar-refractivity contribution in [3.05, 3.63) is 23.6 Å². The molecule has 1 fully saturated rings. The highest BCUT2D eigenvalue weighted by molar-refractivity contribution is 5.44. The highest BCUT2D eigenvalue weighted by Crippen LogP contribution is 2.32. The van der Waals surface area contributed by atoms with Crippen molar-refractivity contribution in [1.82, 2.24) is 10.3 Å². The second-order valence-electron chi connectivity index (χ2n) is 6.82. The first kappa shape index (κ1) is 16.2. The number of aromatic nitrogens is 1. The molecule has 3 nitrogen and oxygen atoms in total. The number of hydrogen-bond donors (Lipinski definition) is 1. The van der Waals surface area contributed by atoms with Crippen molar-refractivity contribution in [3.8, 4) is 0 Å². The van der Waals surface area contributed by atoms with E-state index in [1.54, 1.807) is 12.3 Å². The van der Waals surface area contributed by atoms with E-state index in [2.05, 4.69) is 42.9 Å². The van der Waals surface area contributed by atoms with E-state index >= 15 is 0 Å². The third-order valence-electron chi connectivity index (χ3n) is 3.87. The molecule has 1 aliphatic rings. The Balaban J connectivity index is 2.10. The predicted octanol–water partition coefficient (Wildman–Crippen LogP) is 3.59. The summed E-state index contributed by atoms with van der Waals surface area (Å²) in [7, 11) is 0. The van der Waals surface area contributed by atoms with Crippen LogP contribution in [0.1, 0.15) is 46.1 Å². The van der Waals surface area contributed by atoms with Crippen LogP contribution >= 0.6 is 0 Å². The number of nitrogens with one attached hydrogen (secondary N) is 1. The van der Waals surface area contributed by atoms with Gasteiger partial charge in [0.05, 0.1) is 0 Å². The molecule has 1 saturated carbocycles. The summed E-state index contributed by atoms with van der Waals surface area (Å²) in [4.78, 5) is 6.42. The maximum atomic E-state index is 14.7. The van der Waals surface area contributed by atoms with Crippen molar-refractivity contribution in [2.75, 3.05) is 18.0 Å². The normalized spacial score (nSPS) is 15.0. The summed E-state index contributed by atoms with van der Waals surface area (Å²) in [5.41, 5.74) is 0.710. The van der Waals surface area contributed by atoms with Crippen LogP contribution in [0.25, 0.3) is 0 Å². The van der Waals surface area contributed by atoms with Gasteiger partial charge in [-0.15, -0.1) is 0 Å². The summed E-state index contributed by atoms with van der Waals surface area (Å²) in [5.74, 6) is 1.64. The lowest BCUT2D eigenvalue weighted by Gasteiger charge is -2.28. The fraction of sp³-hybridized carbons (Fsp3) is 0.706. The van der Waals surface area contributed by atoms with Crippen molar-refractivity contribution < 1.29 is 4.39 Å². The standard InChI is InChI=1S/C17H28FN3/c1-12(2)9-19-10-15-7-8-20-17(16(15)18)21(13(3)4)11-14-5-6-14/h7-8,12-14,19H,5-6,9-11H2,1-4H3. The summed E-state index contributed by atoms with van der Waals surface area (Å²) in [6.07, 6.45) is 4.26. The number of rotatable bonds is 8. The van der Waals surface area contributed by atoms with Crippen LogP contribution in [0.2, 0.25) is 0 Å². The van der Waals surface area contributed by atoms with Crippen LogP contribution in [0.4, 0.5) is 10.2 Å². The van der Waals surface area contributed by atoms with E-state index < -0.39 is 0 Å². The molecule has 2 rings (SSSR count). The van der Waals surface area contributed by atoms with Crippen LogP contribution in [0, 0.1) is 17.7 Å². The molecule has 1 N–H and O–H groups in total. The molecule has 0 saturated heterocycles. The van der Waals surface area contributed by atoms with E-state index in [1.807, 2.05) is 0 Å². The highest BCUT2D eigenvalue weighted by Gasteiger charge is 2.28. The van der Waals surface area contributed by atoms with Gasteiger partial charge >= 0.3 is 0 Å². The lowest BCUT2D eigenvalue weighted by Crippen LogP contribution is -2.34. The van der Waals surface area contributed by atoms with Crippen LogP contribution in [-0.2, 0) is 6.54 Å². The zero-order chi connectivity index (χ0) is 15.4. The van der Waals surface area contributed by atoms with E-state index in [-0.39, 0.29) is 11.9 Å². The number of nitrogens with zero attached hydrogens (tertiary/aromatic N) is 2. The number of pyridine rings is 1. The molecular weight excluding hydrogens is 265 g/mol. The van der Waals surface area contributed by atoms with E-state index in [0.29, 0.717) is 23.8 Å². The molecule has 0 amide bonds. The third kappa shape index (κ3) is 4.67. The topological polar surface area (TPSA) is 28.2 Å². The molecule has 0 atom stereocenters. The van der Waals surface area contributed by atoms with Gasteiger partial charge in [0, 0.05) is 30.9 Å². The summed E-state index contributed by atoms with van der Waals surface area (Å²) >= 11 is 0. The molecule has 21 heavy (non-hydrogen) atoms. The lowest BCUT2D eigenvalue weighted by atomic mass is 10.2. The van der Waals surface area contributed by atoms with Gasteiger partial charge in [0.25, 0.3) is 0 Å². The molecule has 1 heterocycles. The number of hydrogen-bond acceptors (Lipinski definition) is 3. The van der Waals surface area contributed by atoms with Gasteiger partial charge in [-0.1, -0.05) is 13.8 Å². The molecule has 0 unspecified atom stereocenters. The van der Waals surface area contributed by atoms with Gasteiger partial charge in [-0.2, -0.15) is 0 Å². The Hall–Kier alpha value is -1.16. The van der Waals surface area contributed by atoms with Crippen LogP contribution in [0.15, 0.2) is 12.3 Å². The highest BCUT2D eigenvalue weighted by atomic mass is 19.1. The second kappa shape index (κ2) is 7.21. The van der Waals surface area contributed by atoms with Crippen molar-refractivity contribution in [1.29, 1.82) is 0 Å². The molecule has 0 bridgehead atoms. The molecular formula is C17H28FN3. The molecule has 1 aromatic rings. The zero-order valence-corrected chi connectivity index (χ0v) is 13.7. The van der Waals surface area contributed by atoms with Crippen LogP contribution in [0.5, 0.6) is 0 Å². The van der Waals surface area contributed by atoms with Crippen LogP contribution < -0.4 is 10.2 Å². The number of halogens is 1. The fourth-order valence-corrected chi connectivity index (χ4v) is 2.42. The zero-order valence-electron chi connectivity index (χ0n) is 13.7. The molecule has 1 aromatic heterocycles. The van der Waals surface area contributed by atoms with Gasteiger partial charge in [0.2, 0.25) is 0 Å². The van der Waals surface area contributed by atoms with Crippen molar-refractivity contribution in [2.24, 2.45) is 11.8 Å². The first-order valence-corrected chi connectivity index (χ1v) is 8.09. The van der Waals surface area contributed by atoms with E-state index in [4.69, 9.17) is 0 Å². The molecule has 0 aliphatic heterocycles. The Bertz CT molecular complexity index is 455. The monoisotopic (exact) mass is 293 g/mol. The van der Waals surface area contributed by atoms with Crippen molar-refractivity contribution in [3.63, 3.8) is 0 Å². The Labute approximate surface area is 127 Å². The molecule has 118 valence electrons. The van der Waals surface area contributed by atoms with Crippen molar-refractivity contribution >= 4 is 5.82 Å². The summed E-state index contributed by atoms with van der Waals surface area (Å²) in [6, 6.07) is 2.05. The maximum Gasteiger partial charge on any atom is 0.170 e. The van der Waals surface area contributed by atoms with E-state index in [0.717, 1.165) is 19.0 Å². The first-order valence-electron chi connectivity index (χ1n) is 8.09. The van der Waals surface area contributed by atoms with Gasteiger partial charge in [-0.05, 0) is 51.1 Å². The number of anilines is 1. The Morgan fingerprint density at radius 2 is 2.05 bits per heavy atom. The van der Waals surface area contributed by atoms with Gasteiger partial charge in [0.15, 0.2) is 11.6 Å². The van der Waals surface area contributed by atoms with E-state index in [9.17, 15) is 4.39 Å². The SMILES string of the molecule is CC(C)CNCc1ccnc(N(CC2CC2)C(C)C)c1F. The molecule has 1 aliphatic carbocycles. The average molecular weight is 293 g/mol. The van der Waals surface area contributed by atoms with Gasteiger partial charge in [-0.25, -0.2) is 9.37 Å². The average Bonchev–Trinajstić information content (AvgIpc) is 3.22. The molecule has 0 radical (unpaired) electrons. The van der Waals surface area contributed by atoms with Crippen LogP contribution in [0.3, 0.4) is 0 Å². The summed E-state index contributed by atoms with van der Waals surface area (Å²) in [5, 5.41) is 3.30. The van der Waals surface area contributed by atoms with Gasteiger partial charge in [0.1, 0.15) is 0 Å². The first-order chi connectivity index (χ1) is 9.99. The van der Waals surface area contributed by atoms with Gasteiger partial charge < -0.3 is 10.2 Å². The second-order valence-corrected chi connectivity index (χ2v) is 6.82. The third-order valence-corrected chi connectivity index (χ3v) is 3.87. The smallest absolute Gasteiger partial charge is 0.170 e. The van der Waals surface area contributed by atoms with Crippen LogP contribution in [-0.4, -0.2) is 24.1 Å². The molecule has 0 spiro atoms. The Morgan fingerprint density at radius 3 is 2.62 bits per heavy atom. The maximum absolute atomic E-state index is 14.7. The quantitative estimate of drug-likeness (QED) is 0.794. The molecule has 4 heteroatoms. The minimum atomic E-state index is -0.164. The Morgan fingerprint density at radius 1 is 1.33 bits per heavy atom. The minimum absolute atomic E-state index is 0.164. The van der Waals surface area contributed by atoms with E-state index in [1.165, 1.54) is 12.8 Å². The summed E-state index contributed by atoms with van der Waals surface area (Å²) in [6.45, 7) is 10.9. The van der Waals surface area contributed by atoms with Gasteiger partial charge in [-0.3, -0.25) is 0 Å². The lowest BCUT2D eigenvalue weighted by molar-refractivity contribution is 0.527. The molecule has 0 aromatic carbocycles. The Kier molecular flexibility index (Phi) is 5.57. The summed E-state index contributed by atoms with van der Waals surface area (Å²) < 4.78 is 14.7. The van der Waals surface area contributed by atoms with Crippen molar-refractivity contribution in [2.45, 2.75) is 53.1 Å². The fourth-order valence-electron chi connectivity index (χ4n) is 2.42. The largest absolute Gasteiger partial charge is 0.351 e.